The van der Waals surface area contributed by atoms with Gasteiger partial charge in [-0.05, 0) is 42.5 Å². The fourth-order valence-corrected chi connectivity index (χ4v) is 3.05. The molecule has 4 aromatic rings. The number of aromatic nitrogens is 2. The highest BCUT2D eigenvalue weighted by Gasteiger charge is 2.20. The van der Waals surface area contributed by atoms with Crippen LogP contribution in [0.3, 0.4) is 0 Å². The van der Waals surface area contributed by atoms with Crippen molar-refractivity contribution in [3.63, 3.8) is 0 Å². The maximum atomic E-state index is 13.9. The van der Waals surface area contributed by atoms with Crippen LogP contribution in [0.5, 0.6) is 0 Å². The van der Waals surface area contributed by atoms with Crippen LogP contribution < -0.4 is 5.76 Å². The number of fused-ring (bicyclic) bond motifs is 1. The van der Waals surface area contributed by atoms with Crippen molar-refractivity contribution >= 4 is 16.9 Å². The van der Waals surface area contributed by atoms with E-state index in [1.54, 1.807) is 12.3 Å². The van der Waals surface area contributed by atoms with Crippen molar-refractivity contribution in [3.8, 4) is 0 Å². The summed E-state index contributed by atoms with van der Waals surface area (Å²) in [6.45, 7) is 0.345. The quantitative estimate of drug-likeness (QED) is 0.495. The van der Waals surface area contributed by atoms with Crippen molar-refractivity contribution in [2.75, 3.05) is 0 Å². The first-order valence-electron chi connectivity index (χ1n) is 8.56. The minimum atomic E-state index is -0.945. The predicted octanol–water partition coefficient (Wildman–Crippen LogP) is 3.74. The van der Waals surface area contributed by atoms with Gasteiger partial charge in [0, 0.05) is 30.4 Å². The zero-order chi connectivity index (χ0) is 19.7. The molecule has 0 aliphatic rings. The molecule has 0 atom stereocenters. The number of pyridine rings is 1. The fourth-order valence-electron chi connectivity index (χ4n) is 3.05. The monoisotopic (exact) mass is 380 g/mol. The molecule has 0 spiro atoms. The number of rotatable bonds is 5. The van der Waals surface area contributed by atoms with Crippen molar-refractivity contribution in [1.82, 2.24) is 9.55 Å². The van der Waals surface area contributed by atoms with E-state index in [0.717, 1.165) is 17.8 Å². The molecule has 0 amide bonds. The molecule has 0 fully saturated rings. The van der Waals surface area contributed by atoms with E-state index in [1.807, 2.05) is 12.1 Å². The molecule has 28 heavy (non-hydrogen) atoms. The normalized spacial score (nSPS) is 11.1. The predicted molar refractivity (Wildman–Crippen MR) is 98.2 cm³/mol. The van der Waals surface area contributed by atoms with Crippen LogP contribution in [-0.4, -0.2) is 15.3 Å². The van der Waals surface area contributed by atoms with Gasteiger partial charge in [-0.25, -0.2) is 13.6 Å². The number of oxazole rings is 1. The Kier molecular flexibility index (Phi) is 4.57. The highest BCUT2D eigenvalue weighted by atomic mass is 19.1. The summed E-state index contributed by atoms with van der Waals surface area (Å²) in [7, 11) is 0. The van der Waals surface area contributed by atoms with Crippen molar-refractivity contribution in [2.45, 2.75) is 13.0 Å². The number of benzene rings is 2. The van der Waals surface area contributed by atoms with Gasteiger partial charge >= 0.3 is 5.76 Å². The minimum Gasteiger partial charge on any atom is -0.408 e. The number of ketones is 1. The van der Waals surface area contributed by atoms with E-state index >= 15 is 0 Å². The summed E-state index contributed by atoms with van der Waals surface area (Å²) < 4.78 is 34.4. The number of halogens is 2. The lowest BCUT2D eigenvalue weighted by Gasteiger charge is -2.05. The highest BCUT2D eigenvalue weighted by molar-refractivity contribution is 6.10. The Morgan fingerprint density at radius 2 is 1.82 bits per heavy atom. The van der Waals surface area contributed by atoms with Crippen LogP contribution in [0.1, 0.15) is 21.6 Å². The van der Waals surface area contributed by atoms with Gasteiger partial charge in [-0.1, -0.05) is 12.1 Å². The molecule has 0 unspecified atom stereocenters. The Balaban J connectivity index is 1.67. The fraction of sp³-hybridized carbons (Fsp3) is 0.0952. The summed E-state index contributed by atoms with van der Waals surface area (Å²) in [6.07, 6.45) is 2.20. The van der Waals surface area contributed by atoms with Gasteiger partial charge in [0.15, 0.2) is 11.4 Å². The van der Waals surface area contributed by atoms with E-state index in [9.17, 15) is 18.4 Å². The van der Waals surface area contributed by atoms with E-state index in [0.29, 0.717) is 18.5 Å². The van der Waals surface area contributed by atoms with Crippen LogP contribution in [0.4, 0.5) is 8.78 Å². The van der Waals surface area contributed by atoms with Crippen molar-refractivity contribution < 1.29 is 18.0 Å². The van der Waals surface area contributed by atoms with E-state index in [1.165, 1.54) is 28.8 Å². The molecule has 0 bridgehead atoms. The molecule has 0 saturated heterocycles. The second kappa shape index (κ2) is 7.19. The molecule has 0 aliphatic heterocycles. The van der Waals surface area contributed by atoms with Gasteiger partial charge < -0.3 is 4.42 Å². The number of hydrogen-bond acceptors (Lipinski definition) is 4. The van der Waals surface area contributed by atoms with Crippen molar-refractivity contribution in [3.05, 3.63) is 99.8 Å². The number of hydrogen-bond donors (Lipinski definition) is 0. The zero-order valence-corrected chi connectivity index (χ0v) is 14.6. The third-order valence-electron chi connectivity index (χ3n) is 4.44. The van der Waals surface area contributed by atoms with Gasteiger partial charge in [0.2, 0.25) is 0 Å². The summed E-state index contributed by atoms with van der Waals surface area (Å²) in [5.41, 5.74) is 0.881. The molecule has 2 aromatic carbocycles. The van der Waals surface area contributed by atoms with Gasteiger partial charge in [-0.2, -0.15) is 0 Å². The minimum absolute atomic E-state index is 0.0297. The largest absolute Gasteiger partial charge is 0.419 e. The summed E-state index contributed by atoms with van der Waals surface area (Å²) >= 11 is 0. The van der Waals surface area contributed by atoms with Gasteiger partial charge in [0.1, 0.15) is 11.6 Å². The molecule has 140 valence electrons. The van der Waals surface area contributed by atoms with Crippen LogP contribution in [0.2, 0.25) is 0 Å². The van der Waals surface area contributed by atoms with Crippen molar-refractivity contribution in [2.24, 2.45) is 0 Å². The van der Waals surface area contributed by atoms with Crippen LogP contribution in [-0.2, 0) is 13.0 Å². The topological polar surface area (TPSA) is 65.1 Å². The first kappa shape index (κ1) is 17.8. The number of carbonyl (C=O) groups excluding carboxylic acids is 1. The van der Waals surface area contributed by atoms with Crippen LogP contribution in [0, 0.1) is 11.6 Å². The lowest BCUT2D eigenvalue weighted by atomic mass is 10.0. The highest BCUT2D eigenvalue weighted by Crippen LogP contribution is 2.21. The summed E-state index contributed by atoms with van der Waals surface area (Å²) in [5.74, 6) is -3.28. The molecule has 4 rings (SSSR count). The Bertz CT molecular complexity index is 1210. The Morgan fingerprint density at radius 1 is 1.04 bits per heavy atom. The molecule has 7 heteroatoms. The van der Waals surface area contributed by atoms with E-state index in [2.05, 4.69) is 4.98 Å². The molecule has 0 radical (unpaired) electrons. The number of nitrogens with zero attached hydrogens (tertiary/aromatic N) is 2. The van der Waals surface area contributed by atoms with E-state index in [4.69, 9.17) is 4.42 Å². The molecular weight excluding hydrogens is 366 g/mol. The van der Waals surface area contributed by atoms with Crippen LogP contribution >= 0.6 is 0 Å². The molecule has 2 heterocycles. The van der Waals surface area contributed by atoms with E-state index in [-0.39, 0.29) is 11.1 Å². The van der Waals surface area contributed by atoms with Gasteiger partial charge in [-0.15, -0.1) is 0 Å². The number of carbonyl (C=O) groups is 1. The maximum absolute atomic E-state index is 13.9. The molecule has 0 saturated carbocycles. The zero-order valence-electron chi connectivity index (χ0n) is 14.6. The first-order valence-corrected chi connectivity index (χ1v) is 8.56. The third-order valence-corrected chi connectivity index (χ3v) is 4.44. The van der Waals surface area contributed by atoms with Gasteiger partial charge in [-0.3, -0.25) is 14.3 Å². The molecule has 5 nitrogen and oxygen atoms in total. The Morgan fingerprint density at radius 3 is 2.54 bits per heavy atom. The summed E-state index contributed by atoms with van der Waals surface area (Å²) in [4.78, 5) is 28.9. The number of aryl methyl sites for hydroxylation is 2. The first-order chi connectivity index (χ1) is 13.5. The second-order valence-electron chi connectivity index (χ2n) is 6.20. The van der Waals surface area contributed by atoms with Crippen LogP contribution in [0.15, 0.2) is 70.0 Å². The smallest absolute Gasteiger partial charge is 0.408 e. The maximum Gasteiger partial charge on any atom is 0.419 e. The average Bonchev–Trinajstić information content (AvgIpc) is 3.01. The Labute approximate surface area is 157 Å². The van der Waals surface area contributed by atoms with Gasteiger partial charge in [0.25, 0.3) is 0 Å². The summed E-state index contributed by atoms with van der Waals surface area (Å²) in [5, 5.41) is 0. The Hall–Kier alpha value is -3.61. The lowest BCUT2D eigenvalue weighted by molar-refractivity contribution is 0.103. The average molecular weight is 380 g/mol. The molecule has 0 aliphatic carbocycles. The molecular formula is C21H14F2N2O3. The second-order valence-corrected chi connectivity index (χ2v) is 6.20. The van der Waals surface area contributed by atoms with E-state index < -0.39 is 28.7 Å². The lowest BCUT2D eigenvalue weighted by Crippen LogP contribution is -2.15. The SMILES string of the molecule is O=C(c1ccc2c(c1)oc(=O)n2CCc1ccccn1)c1c(F)cccc1F. The molecule has 2 aromatic heterocycles. The van der Waals surface area contributed by atoms with Crippen molar-refractivity contribution in [1.29, 1.82) is 0 Å². The third kappa shape index (κ3) is 3.22. The van der Waals surface area contributed by atoms with Crippen LogP contribution in [0.25, 0.3) is 11.1 Å². The summed E-state index contributed by atoms with van der Waals surface area (Å²) in [6, 6.07) is 13.0. The van der Waals surface area contributed by atoms with Gasteiger partial charge in [0.05, 0.1) is 11.1 Å². The standard InChI is InChI=1S/C21H14F2N2O3/c22-15-5-3-6-16(23)19(15)20(26)13-7-8-17-18(12-13)28-21(27)25(17)11-9-14-4-1-2-10-24-14/h1-8,10,12H,9,11H2. The molecule has 0 N–H and O–H groups in total.